The fraction of sp³-hybridized carbons (Fsp3) is 0.650. The van der Waals surface area contributed by atoms with Crippen LogP contribution in [0.1, 0.15) is 40.2 Å². The highest BCUT2D eigenvalue weighted by Crippen LogP contribution is 2.38. The van der Waals surface area contributed by atoms with Gasteiger partial charge in [0.1, 0.15) is 0 Å². The summed E-state index contributed by atoms with van der Waals surface area (Å²) in [6, 6.07) is 10.2. The third-order valence-corrected chi connectivity index (χ3v) is 5.52. The maximum Gasteiger partial charge on any atom is 0.338 e. The van der Waals surface area contributed by atoms with Crippen LogP contribution >= 0.6 is 0 Å². The molecule has 1 aromatic rings. The average molecular weight is 366 g/mol. The molecule has 142 valence electrons. The minimum absolute atomic E-state index is 0.0113. The monoisotopic (exact) mass is 365 g/mol. The summed E-state index contributed by atoms with van der Waals surface area (Å²) in [6.07, 6.45) is 0. The largest absolute Gasteiger partial charge is 0.464 e. The molecule has 25 heavy (non-hydrogen) atoms. The molecule has 0 aliphatic heterocycles. The van der Waals surface area contributed by atoms with E-state index in [0.717, 1.165) is 0 Å². The summed E-state index contributed by atoms with van der Waals surface area (Å²) < 4.78 is 11.8. The molecule has 0 aromatic heterocycles. The lowest BCUT2D eigenvalue weighted by Gasteiger charge is -2.44. The van der Waals surface area contributed by atoms with Gasteiger partial charge >= 0.3 is 5.97 Å². The van der Waals surface area contributed by atoms with Crippen LogP contribution in [0.5, 0.6) is 0 Å². The standard InChI is InChI=1S/C20H35NO3Si/c1-8-23-18(22)20(24-25(6)7,16(2)19(3,4)5)15-21-14-17-12-10-9-11-13-17/h9-13,16,21,25H,8,14-15H2,1-7H3. The molecule has 1 N–H and O–H groups in total. The Labute approximate surface area is 155 Å². The summed E-state index contributed by atoms with van der Waals surface area (Å²) in [4.78, 5) is 13.0. The number of hydrogen-bond donors (Lipinski definition) is 1. The van der Waals surface area contributed by atoms with Crippen LogP contribution in [-0.2, 0) is 20.5 Å². The molecule has 2 unspecified atom stereocenters. The maximum atomic E-state index is 13.0. The van der Waals surface area contributed by atoms with Gasteiger partial charge in [-0.2, -0.15) is 0 Å². The van der Waals surface area contributed by atoms with Crippen molar-refractivity contribution in [3.8, 4) is 0 Å². The molecule has 5 heteroatoms. The highest BCUT2D eigenvalue weighted by Gasteiger charge is 2.50. The zero-order valence-corrected chi connectivity index (χ0v) is 18.0. The quantitative estimate of drug-likeness (QED) is 0.535. The number of hydrogen-bond acceptors (Lipinski definition) is 4. The van der Waals surface area contributed by atoms with E-state index in [-0.39, 0.29) is 17.3 Å². The number of nitrogens with one attached hydrogen (secondary N) is 1. The molecule has 0 aliphatic carbocycles. The second-order valence-corrected chi connectivity index (χ2v) is 10.3. The number of benzene rings is 1. The number of ether oxygens (including phenoxy) is 1. The van der Waals surface area contributed by atoms with Crippen LogP contribution in [0.15, 0.2) is 30.3 Å². The first kappa shape index (κ1) is 21.9. The molecule has 0 heterocycles. The molecule has 0 saturated carbocycles. The van der Waals surface area contributed by atoms with Crippen LogP contribution < -0.4 is 5.32 Å². The van der Waals surface area contributed by atoms with Crippen LogP contribution in [0.25, 0.3) is 0 Å². The van der Waals surface area contributed by atoms with E-state index in [1.54, 1.807) is 0 Å². The predicted molar refractivity (Wildman–Crippen MR) is 106 cm³/mol. The second kappa shape index (κ2) is 9.50. The molecule has 0 aliphatic rings. The molecule has 0 amide bonds. The third kappa shape index (κ3) is 6.24. The van der Waals surface area contributed by atoms with Gasteiger partial charge in [0, 0.05) is 19.0 Å². The molecule has 1 aromatic carbocycles. The minimum atomic E-state index is -1.46. The Morgan fingerprint density at radius 3 is 2.28 bits per heavy atom. The fourth-order valence-electron chi connectivity index (χ4n) is 2.96. The van der Waals surface area contributed by atoms with Crippen molar-refractivity contribution in [3.63, 3.8) is 0 Å². The van der Waals surface area contributed by atoms with E-state index in [4.69, 9.17) is 9.16 Å². The summed E-state index contributed by atoms with van der Waals surface area (Å²) >= 11 is 0. The Morgan fingerprint density at radius 1 is 1.20 bits per heavy atom. The van der Waals surface area contributed by atoms with Crippen LogP contribution in [0.2, 0.25) is 13.1 Å². The van der Waals surface area contributed by atoms with Gasteiger partial charge in [-0.1, -0.05) is 58.0 Å². The maximum absolute atomic E-state index is 13.0. The molecule has 0 saturated heterocycles. The van der Waals surface area contributed by atoms with E-state index in [1.165, 1.54) is 5.56 Å². The lowest BCUT2D eigenvalue weighted by molar-refractivity contribution is -0.171. The third-order valence-electron chi connectivity index (χ3n) is 4.63. The molecule has 0 spiro atoms. The van der Waals surface area contributed by atoms with Gasteiger partial charge < -0.3 is 14.5 Å². The van der Waals surface area contributed by atoms with Gasteiger partial charge in [-0.15, -0.1) is 0 Å². The summed E-state index contributed by atoms with van der Waals surface area (Å²) in [5, 5.41) is 3.44. The highest BCUT2D eigenvalue weighted by molar-refractivity contribution is 6.48. The first-order valence-electron chi connectivity index (χ1n) is 9.23. The van der Waals surface area contributed by atoms with E-state index in [1.807, 2.05) is 25.1 Å². The summed E-state index contributed by atoms with van der Waals surface area (Å²) in [5.41, 5.74) is 0.152. The zero-order chi connectivity index (χ0) is 19.1. The van der Waals surface area contributed by atoms with E-state index >= 15 is 0 Å². The van der Waals surface area contributed by atoms with Crippen molar-refractivity contribution in [2.24, 2.45) is 11.3 Å². The Balaban J connectivity index is 3.06. The zero-order valence-electron chi connectivity index (χ0n) is 16.9. The Kier molecular flexibility index (Phi) is 8.31. The van der Waals surface area contributed by atoms with Gasteiger partial charge in [-0.25, -0.2) is 4.79 Å². The van der Waals surface area contributed by atoms with E-state index in [9.17, 15) is 4.79 Å². The summed E-state index contributed by atoms with van der Waals surface area (Å²) in [5.74, 6) is -0.239. The normalized spacial score (nSPS) is 15.7. The van der Waals surface area contributed by atoms with Gasteiger partial charge in [0.25, 0.3) is 0 Å². The van der Waals surface area contributed by atoms with Crippen molar-refractivity contribution in [1.82, 2.24) is 5.32 Å². The van der Waals surface area contributed by atoms with Gasteiger partial charge in [-0.3, -0.25) is 0 Å². The van der Waals surface area contributed by atoms with Crippen molar-refractivity contribution >= 4 is 15.0 Å². The van der Waals surface area contributed by atoms with Gasteiger partial charge in [-0.05, 0) is 31.0 Å². The predicted octanol–water partition coefficient (Wildman–Crippen LogP) is 3.76. The van der Waals surface area contributed by atoms with Crippen molar-refractivity contribution in [2.45, 2.75) is 59.9 Å². The van der Waals surface area contributed by atoms with Crippen LogP contribution in [0, 0.1) is 11.3 Å². The molecular weight excluding hydrogens is 330 g/mol. The Morgan fingerprint density at radius 2 is 1.80 bits per heavy atom. The number of esters is 1. The van der Waals surface area contributed by atoms with E-state index in [2.05, 4.69) is 58.2 Å². The van der Waals surface area contributed by atoms with Crippen LogP contribution in [0.3, 0.4) is 0 Å². The number of carbonyl (C=O) groups excluding carboxylic acids is 1. The number of carbonyl (C=O) groups is 1. The topological polar surface area (TPSA) is 47.6 Å². The lowest BCUT2D eigenvalue weighted by Crippen LogP contribution is -2.59. The van der Waals surface area contributed by atoms with Gasteiger partial charge in [0.15, 0.2) is 14.6 Å². The van der Waals surface area contributed by atoms with Crippen molar-refractivity contribution in [2.75, 3.05) is 13.2 Å². The molecule has 0 bridgehead atoms. The second-order valence-electron chi connectivity index (χ2n) is 7.95. The lowest BCUT2D eigenvalue weighted by atomic mass is 9.71. The molecule has 1 rings (SSSR count). The Bertz CT molecular complexity index is 527. The van der Waals surface area contributed by atoms with E-state index in [0.29, 0.717) is 19.7 Å². The van der Waals surface area contributed by atoms with Crippen molar-refractivity contribution in [3.05, 3.63) is 35.9 Å². The van der Waals surface area contributed by atoms with Crippen molar-refractivity contribution in [1.29, 1.82) is 0 Å². The van der Waals surface area contributed by atoms with Gasteiger partial charge in [0.2, 0.25) is 0 Å². The van der Waals surface area contributed by atoms with Gasteiger partial charge in [0.05, 0.1) is 6.61 Å². The summed E-state index contributed by atoms with van der Waals surface area (Å²) in [7, 11) is -1.46. The highest BCUT2D eigenvalue weighted by atomic mass is 28.3. The number of rotatable bonds is 9. The molecule has 0 radical (unpaired) electrons. The first-order valence-corrected chi connectivity index (χ1v) is 12.0. The van der Waals surface area contributed by atoms with Crippen molar-refractivity contribution < 1.29 is 14.0 Å². The molecule has 4 nitrogen and oxygen atoms in total. The van der Waals surface area contributed by atoms with Crippen LogP contribution in [0.4, 0.5) is 0 Å². The molecular formula is C20H35NO3Si. The van der Waals surface area contributed by atoms with Crippen LogP contribution in [-0.4, -0.2) is 33.8 Å². The SMILES string of the molecule is CCOC(=O)C(CNCc1ccccc1)(O[SiH](C)C)C(C)C(C)(C)C. The first-order chi connectivity index (χ1) is 11.6. The smallest absolute Gasteiger partial charge is 0.338 e. The summed E-state index contributed by atoms with van der Waals surface area (Å²) in [6.45, 7) is 16.1. The molecule has 2 atom stereocenters. The average Bonchev–Trinajstić information content (AvgIpc) is 2.53. The van der Waals surface area contributed by atoms with E-state index < -0.39 is 14.6 Å². The Hall–Kier alpha value is -1.17. The fourth-order valence-corrected chi connectivity index (χ4v) is 4.18. The minimum Gasteiger partial charge on any atom is -0.464 e. The molecule has 0 fully saturated rings.